The molecule has 0 bridgehead atoms. The van der Waals surface area contributed by atoms with Crippen LogP contribution in [-0.4, -0.2) is 24.6 Å². The number of hydrogen-bond acceptors (Lipinski definition) is 4. The summed E-state index contributed by atoms with van der Waals surface area (Å²) in [5.74, 6) is 0.162. The van der Waals surface area contributed by atoms with Gasteiger partial charge in [0.2, 0.25) is 5.91 Å². The standard InChI is InChI=1S/C19H19N3O3/c1-25-15-9-5-6-13(10-15)11-16(14-7-3-2-4-8-14)20-19(24)17-12-18(23)22-21-17/h2-10,16H,11-12H2,1H3,(H,20,24)(H,22,23). The van der Waals surface area contributed by atoms with Crippen LogP contribution >= 0.6 is 0 Å². The van der Waals surface area contributed by atoms with Crippen molar-refractivity contribution in [2.24, 2.45) is 5.10 Å². The number of hydrogen-bond donors (Lipinski definition) is 2. The normalized spacial score (nSPS) is 14.4. The summed E-state index contributed by atoms with van der Waals surface area (Å²) in [6.45, 7) is 0. The lowest BCUT2D eigenvalue weighted by molar-refractivity contribution is -0.120. The van der Waals surface area contributed by atoms with Gasteiger partial charge in [-0.15, -0.1) is 0 Å². The topological polar surface area (TPSA) is 79.8 Å². The molecule has 2 N–H and O–H groups in total. The van der Waals surface area contributed by atoms with Crippen LogP contribution in [0.2, 0.25) is 0 Å². The van der Waals surface area contributed by atoms with Crippen LogP contribution in [0.15, 0.2) is 59.7 Å². The molecule has 3 rings (SSSR count). The first-order valence-corrected chi connectivity index (χ1v) is 8.00. The Morgan fingerprint density at radius 1 is 1.24 bits per heavy atom. The maximum atomic E-state index is 12.4. The van der Waals surface area contributed by atoms with Crippen molar-refractivity contribution in [2.45, 2.75) is 18.9 Å². The minimum absolute atomic E-state index is 0.00645. The van der Waals surface area contributed by atoms with Crippen molar-refractivity contribution < 1.29 is 14.3 Å². The molecule has 0 saturated carbocycles. The molecule has 0 saturated heterocycles. The molecule has 1 atom stereocenters. The Kier molecular flexibility index (Phi) is 5.09. The van der Waals surface area contributed by atoms with Crippen LogP contribution in [-0.2, 0) is 16.0 Å². The molecule has 1 aliphatic rings. The van der Waals surface area contributed by atoms with Gasteiger partial charge in [-0.1, -0.05) is 42.5 Å². The van der Waals surface area contributed by atoms with Gasteiger partial charge < -0.3 is 10.1 Å². The summed E-state index contributed by atoms with van der Waals surface area (Å²) in [5, 5.41) is 6.76. The molecule has 0 radical (unpaired) electrons. The minimum atomic E-state index is -0.338. The molecule has 2 aromatic carbocycles. The SMILES string of the molecule is COc1cccc(CC(NC(=O)C2=NNC(=O)C2)c2ccccc2)c1. The average molecular weight is 337 g/mol. The van der Waals surface area contributed by atoms with Gasteiger partial charge in [-0.2, -0.15) is 5.10 Å². The second-order valence-electron chi connectivity index (χ2n) is 5.76. The number of rotatable bonds is 6. The summed E-state index contributed by atoms with van der Waals surface area (Å²) in [6.07, 6.45) is 0.605. The third kappa shape index (κ3) is 4.23. The molecule has 1 unspecified atom stereocenters. The van der Waals surface area contributed by atoms with Crippen LogP contribution in [0, 0.1) is 0 Å². The number of methoxy groups -OCH3 is 1. The first-order chi connectivity index (χ1) is 12.2. The monoisotopic (exact) mass is 337 g/mol. The molecule has 1 heterocycles. The summed E-state index contributed by atoms with van der Waals surface area (Å²) < 4.78 is 5.26. The number of nitrogens with one attached hydrogen (secondary N) is 2. The lowest BCUT2D eigenvalue weighted by Crippen LogP contribution is -2.35. The predicted molar refractivity (Wildman–Crippen MR) is 94.2 cm³/mol. The van der Waals surface area contributed by atoms with Crippen LogP contribution in [0.5, 0.6) is 5.75 Å². The van der Waals surface area contributed by atoms with E-state index in [9.17, 15) is 9.59 Å². The molecule has 0 fully saturated rings. The molecule has 6 nitrogen and oxygen atoms in total. The Bertz CT molecular complexity index is 803. The summed E-state index contributed by atoms with van der Waals surface area (Å²) in [5.41, 5.74) is 4.53. The van der Waals surface area contributed by atoms with Gasteiger partial charge >= 0.3 is 0 Å². The molecule has 0 spiro atoms. The van der Waals surface area contributed by atoms with Crippen molar-refractivity contribution in [1.82, 2.24) is 10.7 Å². The van der Waals surface area contributed by atoms with Crippen LogP contribution < -0.4 is 15.5 Å². The predicted octanol–water partition coefficient (Wildman–Crippen LogP) is 1.97. The Morgan fingerprint density at radius 3 is 2.72 bits per heavy atom. The van der Waals surface area contributed by atoms with E-state index in [2.05, 4.69) is 15.8 Å². The highest BCUT2D eigenvalue weighted by Crippen LogP contribution is 2.21. The highest BCUT2D eigenvalue weighted by molar-refractivity contribution is 6.43. The molecular weight excluding hydrogens is 318 g/mol. The average Bonchev–Trinajstić information content (AvgIpc) is 3.08. The van der Waals surface area contributed by atoms with Gasteiger partial charge in [0, 0.05) is 0 Å². The van der Waals surface area contributed by atoms with Gasteiger partial charge in [-0.3, -0.25) is 9.59 Å². The van der Waals surface area contributed by atoms with Crippen LogP contribution in [0.25, 0.3) is 0 Å². The highest BCUT2D eigenvalue weighted by Gasteiger charge is 2.24. The van der Waals surface area contributed by atoms with E-state index in [1.165, 1.54) is 0 Å². The zero-order valence-corrected chi connectivity index (χ0v) is 13.9. The third-order valence-corrected chi connectivity index (χ3v) is 3.99. The van der Waals surface area contributed by atoms with Crippen molar-refractivity contribution in [3.63, 3.8) is 0 Å². The second kappa shape index (κ2) is 7.61. The van der Waals surface area contributed by atoms with Crippen molar-refractivity contribution in [3.8, 4) is 5.75 Å². The second-order valence-corrected chi connectivity index (χ2v) is 5.76. The number of ether oxygens (including phenoxy) is 1. The summed E-state index contributed by atoms with van der Waals surface area (Å²) in [4.78, 5) is 23.7. The quantitative estimate of drug-likeness (QED) is 0.846. The van der Waals surface area contributed by atoms with E-state index in [0.29, 0.717) is 6.42 Å². The van der Waals surface area contributed by atoms with Gasteiger partial charge in [0.25, 0.3) is 5.91 Å². The van der Waals surface area contributed by atoms with E-state index < -0.39 is 0 Å². The number of benzene rings is 2. The first-order valence-electron chi connectivity index (χ1n) is 8.00. The molecule has 2 amide bonds. The Hall–Kier alpha value is -3.15. The molecule has 0 aliphatic carbocycles. The molecule has 128 valence electrons. The van der Waals surface area contributed by atoms with E-state index >= 15 is 0 Å². The van der Waals surface area contributed by atoms with E-state index in [4.69, 9.17) is 4.74 Å². The van der Waals surface area contributed by atoms with Crippen LogP contribution in [0.4, 0.5) is 0 Å². The molecule has 1 aliphatic heterocycles. The van der Waals surface area contributed by atoms with E-state index in [1.807, 2.05) is 54.6 Å². The largest absolute Gasteiger partial charge is 0.497 e. The summed E-state index contributed by atoms with van der Waals surface area (Å²) >= 11 is 0. The van der Waals surface area contributed by atoms with Gasteiger partial charge in [0.1, 0.15) is 11.5 Å². The minimum Gasteiger partial charge on any atom is -0.497 e. The molecule has 25 heavy (non-hydrogen) atoms. The summed E-state index contributed by atoms with van der Waals surface area (Å²) in [7, 11) is 1.62. The Morgan fingerprint density at radius 2 is 2.04 bits per heavy atom. The lowest BCUT2D eigenvalue weighted by Gasteiger charge is -2.19. The maximum Gasteiger partial charge on any atom is 0.268 e. The van der Waals surface area contributed by atoms with E-state index in [-0.39, 0.29) is 30.0 Å². The van der Waals surface area contributed by atoms with Crippen molar-refractivity contribution in [3.05, 3.63) is 65.7 Å². The lowest BCUT2D eigenvalue weighted by atomic mass is 9.98. The van der Waals surface area contributed by atoms with E-state index in [1.54, 1.807) is 7.11 Å². The number of amides is 2. The highest BCUT2D eigenvalue weighted by atomic mass is 16.5. The van der Waals surface area contributed by atoms with E-state index in [0.717, 1.165) is 16.9 Å². The zero-order chi connectivity index (χ0) is 17.6. The summed E-state index contributed by atoms with van der Waals surface area (Å²) in [6, 6.07) is 17.2. The maximum absolute atomic E-state index is 12.4. The fourth-order valence-corrected chi connectivity index (χ4v) is 2.71. The molecular formula is C19H19N3O3. The van der Waals surface area contributed by atoms with Crippen LogP contribution in [0.3, 0.4) is 0 Å². The smallest absolute Gasteiger partial charge is 0.268 e. The third-order valence-electron chi connectivity index (χ3n) is 3.99. The molecule has 6 heteroatoms. The fraction of sp³-hybridized carbons (Fsp3) is 0.211. The molecule has 0 aromatic heterocycles. The number of hydrazone groups is 1. The fourth-order valence-electron chi connectivity index (χ4n) is 2.71. The Labute approximate surface area is 145 Å². The Balaban J connectivity index is 1.80. The number of carbonyl (C=O) groups excluding carboxylic acids is 2. The number of carbonyl (C=O) groups is 2. The van der Waals surface area contributed by atoms with Gasteiger partial charge in [0.05, 0.1) is 19.6 Å². The van der Waals surface area contributed by atoms with Gasteiger partial charge in [-0.05, 0) is 29.7 Å². The van der Waals surface area contributed by atoms with Crippen molar-refractivity contribution in [1.29, 1.82) is 0 Å². The van der Waals surface area contributed by atoms with Crippen molar-refractivity contribution >= 4 is 17.5 Å². The number of nitrogens with zero attached hydrogens (tertiary/aromatic N) is 1. The first kappa shape index (κ1) is 16.7. The molecule has 2 aromatic rings. The zero-order valence-electron chi connectivity index (χ0n) is 13.9. The van der Waals surface area contributed by atoms with Gasteiger partial charge in [0.15, 0.2) is 0 Å². The van der Waals surface area contributed by atoms with Gasteiger partial charge in [-0.25, -0.2) is 5.43 Å². The van der Waals surface area contributed by atoms with Crippen LogP contribution in [0.1, 0.15) is 23.6 Å². The van der Waals surface area contributed by atoms with Crippen molar-refractivity contribution in [2.75, 3.05) is 7.11 Å².